The molecule has 1 saturated heterocycles. The smallest absolute Gasteiger partial charge is 0.270 e. The van der Waals surface area contributed by atoms with Crippen LogP contribution in [0.4, 0.5) is 5.69 Å². The summed E-state index contributed by atoms with van der Waals surface area (Å²) in [5, 5.41) is 10.7. The highest BCUT2D eigenvalue weighted by molar-refractivity contribution is 9.10. The summed E-state index contributed by atoms with van der Waals surface area (Å²) in [4.78, 5) is 23.4. The second kappa shape index (κ2) is 6.25. The third-order valence-corrected chi connectivity index (χ3v) is 4.18. The Bertz CT molecular complexity index is 493. The molecule has 0 amide bonds. The third kappa shape index (κ3) is 3.39. The van der Waals surface area contributed by atoms with E-state index in [1.165, 1.54) is 12.1 Å². The molecule has 2 rings (SSSR count). The van der Waals surface area contributed by atoms with Gasteiger partial charge in [-0.2, -0.15) is 0 Å². The first-order valence-electron chi connectivity index (χ1n) is 6.24. The van der Waals surface area contributed by atoms with Crippen molar-refractivity contribution in [3.8, 4) is 0 Å². The highest BCUT2D eigenvalue weighted by Gasteiger charge is 2.22. The number of piperidine rings is 1. The fraction of sp³-hybridized carbons (Fsp3) is 0.462. The van der Waals surface area contributed by atoms with Crippen LogP contribution in [0.15, 0.2) is 22.7 Å². The standard InChI is InChI=1S/C13H15BrN2O3/c14-13-7-11(16(18)19)5-4-10(13)8-15-6-2-1-3-12(15)9-17/h4-5,7,9,12H,1-3,6,8H2. The molecule has 1 aliphatic rings. The van der Waals surface area contributed by atoms with Crippen molar-refractivity contribution in [1.82, 2.24) is 4.90 Å². The van der Waals surface area contributed by atoms with Gasteiger partial charge in [0.15, 0.2) is 0 Å². The van der Waals surface area contributed by atoms with Crippen LogP contribution in [0.3, 0.4) is 0 Å². The van der Waals surface area contributed by atoms with Crippen LogP contribution in [0.5, 0.6) is 0 Å². The molecule has 102 valence electrons. The van der Waals surface area contributed by atoms with Gasteiger partial charge in [-0.25, -0.2) is 0 Å². The van der Waals surface area contributed by atoms with E-state index >= 15 is 0 Å². The lowest BCUT2D eigenvalue weighted by Gasteiger charge is -2.32. The van der Waals surface area contributed by atoms with Crippen LogP contribution in [0.1, 0.15) is 24.8 Å². The first-order valence-corrected chi connectivity index (χ1v) is 7.03. The number of halogens is 1. The number of aldehydes is 1. The zero-order valence-electron chi connectivity index (χ0n) is 10.4. The molecular formula is C13H15BrN2O3. The van der Waals surface area contributed by atoms with Gasteiger partial charge < -0.3 is 4.79 Å². The molecule has 1 aliphatic heterocycles. The number of carbonyl (C=O) groups is 1. The van der Waals surface area contributed by atoms with Crippen LogP contribution < -0.4 is 0 Å². The molecule has 0 aromatic heterocycles. The highest BCUT2D eigenvalue weighted by Crippen LogP contribution is 2.26. The summed E-state index contributed by atoms with van der Waals surface area (Å²) in [6.07, 6.45) is 4.07. The van der Waals surface area contributed by atoms with Gasteiger partial charge in [0.25, 0.3) is 5.69 Å². The molecule has 0 aliphatic carbocycles. The maximum absolute atomic E-state index is 11.0. The molecule has 0 radical (unpaired) electrons. The quantitative estimate of drug-likeness (QED) is 0.485. The van der Waals surface area contributed by atoms with Crippen molar-refractivity contribution in [3.05, 3.63) is 38.3 Å². The Morgan fingerprint density at radius 2 is 2.26 bits per heavy atom. The average molecular weight is 327 g/mol. The Kier molecular flexibility index (Phi) is 4.66. The molecule has 6 heteroatoms. The Morgan fingerprint density at radius 3 is 2.89 bits per heavy atom. The summed E-state index contributed by atoms with van der Waals surface area (Å²) in [5.41, 5.74) is 1.04. The molecule has 1 aromatic rings. The first-order chi connectivity index (χ1) is 9.11. The Hall–Kier alpha value is -1.27. The van der Waals surface area contributed by atoms with E-state index in [-0.39, 0.29) is 11.7 Å². The summed E-state index contributed by atoms with van der Waals surface area (Å²) >= 11 is 3.36. The Labute approximate surface area is 119 Å². The van der Waals surface area contributed by atoms with Crippen molar-refractivity contribution in [1.29, 1.82) is 0 Å². The molecule has 0 N–H and O–H groups in total. The number of hydrogen-bond acceptors (Lipinski definition) is 4. The monoisotopic (exact) mass is 326 g/mol. The van der Waals surface area contributed by atoms with Crippen LogP contribution in [0.2, 0.25) is 0 Å². The molecule has 1 aromatic carbocycles. The van der Waals surface area contributed by atoms with Crippen molar-refractivity contribution in [2.24, 2.45) is 0 Å². The molecule has 0 bridgehead atoms. The lowest BCUT2D eigenvalue weighted by molar-refractivity contribution is -0.384. The summed E-state index contributed by atoms with van der Waals surface area (Å²) < 4.78 is 0.719. The number of non-ortho nitro benzene ring substituents is 1. The minimum absolute atomic E-state index is 0.0316. The molecule has 1 heterocycles. The van der Waals surface area contributed by atoms with Crippen molar-refractivity contribution >= 4 is 27.9 Å². The van der Waals surface area contributed by atoms with E-state index in [0.717, 1.165) is 42.1 Å². The number of likely N-dealkylation sites (tertiary alicyclic amines) is 1. The lowest BCUT2D eigenvalue weighted by Crippen LogP contribution is -2.39. The lowest BCUT2D eigenvalue weighted by atomic mass is 10.0. The van der Waals surface area contributed by atoms with E-state index in [2.05, 4.69) is 20.8 Å². The van der Waals surface area contributed by atoms with Crippen LogP contribution in [0, 0.1) is 10.1 Å². The van der Waals surface area contributed by atoms with Gasteiger partial charge >= 0.3 is 0 Å². The number of carbonyl (C=O) groups excluding carboxylic acids is 1. The number of hydrogen-bond donors (Lipinski definition) is 0. The molecule has 19 heavy (non-hydrogen) atoms. The zero-order chi connectivity index (χ0) is 13.8. The van der Waals surface area contributed by atoms with Crippen LogP contribution in [-0.2, 0) is 11.3 Å². The second-order valence-electron chi connectivity index (χ2n) is 4.70. The summed E-state index contributed by atoms with van der Waals surface area (Å²) in [6.45, 7) is 1.54. The molecule has 1 atom stereocenters. The van der Waals surface area contributed by atoms with Gasteiger partial charge in [-0.3, -0.25) is 15.0 Å². The predicted octanol–water partition coefficient (Wildman–Crippen LogP) is 2.91. The van der Waals surface area contributed by atoms with E-state index in [1.807, 2.05) is 0 Å². The maximum Gasteiger partial charge on any atom is 0.270 e. The largest absolute Gasteiger partial charge is 0.302 e. The SMILES string of the molecule is O=CC1CCCCN1Cc1ccc([N+](=O)[O-])cc1Br. The fourth-order valence-electron chi connectivity index (χ4n) is 2.36. The van der Waals surface area contributed by atoms with Gasteiger partial charge in [0.1, 0.15) is 6.29 Å². The number of benzene rings is 1. The second-order valence-corrected chi connectivity index (χ2v) is 5.56. The van der Waals surface area contributed by atoms with Crippen molar-refractivity contribution in [2.75, 3.05) is 6.54 Å². The van der Waals surface area contributed by atoms with Crippen molar-refractivity contribution in [2.45, 2.75) is 31.8 Å². The number of nitro groups is 1. The molecular weight excluding hydrogens is 312 g/mol. The molecule has 1 unspecified atom stereocenters. The number of nitrogens with zero attached hydrogens (tertiary/aromatic N) is 2. The Morgan fingerprint density at radius 1 is 1.47 bits per heavy atom. The van der Waals surface area contributed by atoms with E-state index in [9.17, 15) is 14.9 Å². The van der Waals surface area contributed by atoms with Gasteiger partial charge in [0.05, 0.1) is 11.0 Å². The molecule has 1 fully saturated rings. The average Bonchev–Trinajstić information content (AvgIpc) is 2.41. The Balaban J connectivity index is 2.14. The normalized spacial score (nSPS) is 20.2. The molecule has 0 spiro atoms. The predicted molar refractivity (Wildman–Crippen MR) is 74.9 cm³/mol. The topological polar surface area (TPSA) is 63.5 Å². The van der Waals surface area contributed by atoms with Gasteiger partial charge in [-0.05, 0) is 31.0 Å². The zero-order valence-corrected chi connectivity index (χ0v) is 12.0. The van der Waals surface area contributed by atoms with Gasteiger partial charge in [0, 0.05) is 23.2 Å². The number of nitro benzene ring substituents is 1. The van der Waals surface area contributed by atoms with Crippen LogP contribution in [0.25, 0.3) is 0 Å². The minimum Gasteiger partial charge on any atom is -0.302 e. The third-order valence-electron chi connectivity index (χ3n) is 3.44. The van der Waals surface area contributed by atoms with E-state index < -0.39 is 4.92 Å². The van der Waals surface area contributed by atoms with Crippen molar-refractivity contribution < 1.29 is 9.72 Å². The first kappa shape index (κ1) is 14.1. The van der Waals surface area contributed by atoms with Crippen molar-refractivity contribution in [3.63, 3.8) is 0 Å². The van der Waals surface area contributed by atoms with Crippen LogP contribution in [-0.4, -0.2) is 28.7 Å². The van der Waals surface area contributed by atoms with E-state index in [1.54, 1.807) is 6.07 Å². The van der Waals surface area contributed by atoms with Gasteiger partial charge in [-0.15, -0.1) is 0 Å². The number of rotatable bonds is 4. The van der Waals surface area contributed by atoms with E-state index in [0.29, 0.717) is 6.54 Å². The minimum atomic E-state index is -0.413. The summed E-state index contributed by atoms with van der Waals surface area (Å²) in [6, 6.07) is 4.73. The molecule has 5 nitrogen and oxygen atoms in total. The van der Waals surface area contributed by atoms with E-state index in [4.69, 9.17) is 0 Å². The van der Waals surface area contributed by atoms with Crippen LogP contribution >= 0.6 is 15.9 Å². The van der Waals surface area contributed by atoms with Gasteiger partial charge in [0.2, 0.25) is 0 Å². The van der Waals surface area contributed by atoms with Gasteiger partial charge in [-0.1, -0.05) is 22.4 Å². The maximum atomic E-state index is 11.0. The fourth-order valence-corrected chi connectivity index (χ4v) is 2.86. The summed E-state index contributed by atoms with van der Waals surface area (Å²) in [5.74, 6) is 0. The molecule has 0 saturated carbocycles. The highest BCUT2D eigenvalue weighted by atomic mass is 79.9. The summed E-state index contributed by atoms with van der Waals surface area (Å²) in [7, 11) is 0.